The zero-order valence-corrected chi connectivity index (χ0v) is 12.1. The number of hydrogen-bond acceptors (Lipinski definition) is 5. The molecule has 23 heavy (non-hydrogen) atoms. The van der Waals surface area contributed by atoms with E-state index >= 15 is 0 Å². The van der Waals surface area contributed by atoms with Gasteiger partial charge >= 0.3 is 0 Å². The molecule has 0 saturated carbocycles. The molecule has 1 amide bonds. The first-order valence-electron chi connectivity index (χ1n) is 6.97. The molecule has 0 aliphatic heterocycles. The van der Waals surface area contributed by atoms with Gasteiger partial charge in [0, 0.05) is 5.39 Å². The van der Waals surface area contributed by atoms with Crippen LogP contribution in [0.15, 0.2) is 30.3 Å². The number of hydrogen-bond donors (Lipinski definition) is 2. The van der Waals surface area contributed by atoms with E-state index < -0.39 is 11.7 Å². The number of aliphatic hydroxyl groups is 1. The second kappa shape index (κ2) is 6.09. The third-order valence-electron chi connectivity index (χ3n) is 3.26. The fourth-order valence-electron chi connectivity index (χ4n) is 2.30. The Bertz CT molecular complexity index is 877. The van der Waals surface area contributed by atoms with Crippen molar-refractivity contribution in [1.29, 1.82) is 0 Å². The minimum Gasteiger partial charge on any atom is -0.394 e. The van der Waals surface area contributed by atoms with Crippen molar-refractivity contribution in [1.82, 2.24) is 19.7 Å². The smallest absolute Gasteiger partial charge is 0.225 e. The van der Waals surface area contributed by atoms with Gasteiger partial charge in [-0.25, -0.2) is 19.0 Å². The standard InChI is InChI=1S/C15H14FN5O2/c16-10-3-1-2-9-4-5-11(18-14(9)10)15-19-13(8-12(17)23)20-21(15)6-7-22/h1-5,22H,6-8H2,(H2,17,23). The molecule has 0 fully saturated rings. The molecule has 2 aromatic heterocycles. The molecular weight excluding hydrogens is 301 g/mol. The van der Waals surface area contributed by atoms with Crippen molar-refractivity contribution in [2.24, 2.45) is 5.73 Å². The van der Waals surface area contributed by atoms with Crippen LogP contribution in [0.5, 0.6) is 0 Å². The third kappa shape index (κ3) is 3.02. The van der Waals surface area contributed by atoms with Gasteiger partial charge in [-0.2, -0.15) is 5.10 Å². The Morgan fingerprint density at radius 2 is 2.09 bits per heavy atom. The zero-order chi connectivity index (χ0) is 16.4. The highest BCUT2D eigenvalue weighted by molar-refractivity contribution is 5.81. The van der Waals surface area contributed by atoms with Gasteiger partial charge in [0.15, 0.2) is 11.6 Å². The van der Waals surface area contributed by atoms with E-state index in [9.17, 15) is 9.18 Å². The van der Waals surface area contributed by atoms with Gasteiger partial charge in [-0.05, 0) is 12.1 Å². The third-order valence-corrected chi connectivity index (χ3v) is 3.26. The van der Waals surface area contributed by atoms with E-state index in [4.69, 9.17) is 10.8 Å². The normalized spacial score (nSPS) is 11.0. The van der Waals surface area contributed by atoms with Gasteiger partial charge in [-0.15, -0.1) is 0 Å². The highest BCUT2D eigenvalue weighted by Crippen LogP contribution is 2.21. The molecule has 0 atom stereocenters. The van der Waals surface area contributed by atoms with Crippen LogP contribution in [0.4, 0.5) is 4.39 Å². The summed E-state index contributed by atoms with van der Waals surface area (Å²) in [5, 5.41) is 13.9. The number of nitrogens with two attached hydrogens (primary N) is 1. The second-order valence-corrected chi connectivity index (χ2v) is 4.95. The van der Waals surface area contributed by atoms with Crippen molar-refractivity contribution in [3.05, 3.63) is 42.0 Å². The monoisotopic (exact) mass is 315 g/mol. The molecule has 7 nitrogen and oxygen atoms in total. The summed E-state index contributed by atoms with van der Waals surface area (Å²) in [6.45, 7) is 0.0202. The lowest BCUT2D eigenvalue weighted by Gasteiger charge is -2.05. The maximum Gasteiger partial charge on any atom is 0.225 e. The predicted octanol–water partition coefficient (Wildman–Crippen LogP) is 0.653. The van der Waals surface area contributed by atoms with Crippen molar-refractivity contribution < 1.29 is 14.3 Å². The lowest BCUT2D eigenvalue weighted by molar-refractivity contribution is -0.117. The summed E-state index contributed by atoms with van der Waals surface area (Å²) in [6.07, 6.45) is -0.118. The van der Waals surface area contributed by atoms with Crippen LogP contribution in [0, 0.1) is 5.82 Å². The van der Waals surface area contributed by atoms with Crippen LogP contribution >= 0.6 is 0 Å². The molecule has 3 rings (SSSR count). The SMILES string of the molecule is NC(=O)Cc1nc(-c2ccc3cccc(F)c3n2)n(CCO)n1. The van der Waals surface area contributed by atoms with E-state index in [-0.39, 0.29) is 30.9 Å². The van der Waals surface area contributed by atoms with Gasteiger partial charge in [0.25, 0.3) is 0 Å². The van der Waals surface area contributed by atoms with Crippen LogP contribution in [0.1, 0.15) is 5.82 Å². The van der Waals surface area contributed by atoms with Gasteiger partial charge in [-0.1, -0.05) is 18.2 Å². The Morgan fingerprint density at radius 3 is 2.83 bits per heavy atom. The number of nitrogens with zero attached hydrogens (tertiary/aromatic N) is 4. The van der Waals surface area contributed by atoms with Crippen LogP contribution in [-0.2, 0) is 17.8 Å². The van der Waals surface area contributed by atoms with Crippen LogP contribution in [0.2, 0.25) is 0 Å². The second-order valence-electron chi connectivity index (χ2n) is 4.95. The fourth-order valence-corrected chi connectivity index (χ4v) is 2.30. The van der Waals surface area contributed by atoms with Gasteiger partial charge in [-0.3, -0.25) is 4.79 Å². The lowest BCUT2D eigenvalue weighted by atomic mass is 10.2. The van der Waals surface area contributed by atoms with Crippen molar-refractivity contribution in [3.63, 3.8) is 0 Å². The first-order valence-corrected chi connectivity index (χ1v) is 6.97. The summed E-state index contributed by atoms with van der Waals surface area (Å²) in [6, 6.07) is 8.11. The molecule has 0 aliphatic rings. The maximum atomic E-state index is 13.9. The highest BCUT2D eigenvalue weighted by atomic mass is 19.1. The average molecular weight is 315 g/mol. The van der Waals surface area contributed by atoms with Crippen LogP contribution in [0.3, 0.4) is 0 Å². The summed E-state index contributed by atoms with van der Waals surface area (Å²) in [7, 11) is 0. The number of halogens is 1. The first-order chi connectivity index (χ1) is 11.1. The van der Waals surface area contributed by atoms with E-state index in [2.05, 4.69) is 15.1 Å². The summed E-state index contributed by atoms with van der Waals surface area (Å²) in [5.74, 6) is -0.415. The summed E-state index contributed by atoms with van der Waals surface area (Å²) >= 11 is 0. The number of benzene rings is 1. The number of carbonyl (C=O) groups is 1. The molecule has 118 valence electrons. The number of aliphatic hydroxyl groups excluding tert-OH is 1. The number of aromatic nitrogens is 4. The van der Waals surface area contributed by atoms with Gasteiger partial charge in [0.05, 0.1) is 19.6 Å². The topological polar surface area (TPSA) is 107 Å². The molecule has 3 aromatic rings. The molecule has 0 spiro atoms. The summed E-state index contributed by atoms with van der Waals surface area (Å²) in [5.41, 5.74) is 5.77. The Balaban J connectivity index is 2.11. The minimum absolute atomic E-state index is 0.118. The van der Waals surface area contributed by atoms with E-state index in [1.807, 2.05) is 0 Å². The van der Waals surface area contributed by atoms with Crippen LogP contribution < -0.4 is 5.73 Å². The lowest BCUT2D eigenvalue weighted by Crippen LogP contribution is -2.15. The Kier molecular flexibility index (Phi) is 3.98. The number of rotatable bonds is 5. The van der Waals surface area contributed by atoms with Crippen LogP contribution in [-0.4, -0.2) is 37.4 Å². The van der Waals surface area contributed by atoms with Gasteiger partial charge < -0.3 is 10.8 Å². The number of amides is 1. The highest BCUT2D eigenvalue weighted by Gasteiger charge is 2.15. The number of pyridine rings is 1. The largest absolute Gasteiger partial charge is 0.394 e. The van der Waals surface area contributed by atoms with Crippen molar-refractivity contribution in [3.8, 4) is 11.5 Å². The zero-order valence-electron chi connectivity index (χ0n) is 12.1. The van der Waals surface area contributed by atoms with Crippen molar-refractivity contribution in [2.75, 3.05) is 6.61 Å². The quantitative estimate of drug-likeness (QED) is 0.719. The Hall–Kier alpha value is -2.87. The molecule has 0 bridgehead atoms. The van der Waals surface area contributed by atoms with Gasteiger partial charge in [0.2, 0.25) is 5.91 Å². The molecule has 3 N–H and O–H groups in total. The molecule has 0 unspecified atom stereocenters. The van der Waals surface area contributed by atoms with E-state index in [1.165, 1.54) is 10.7 Å². The summed E-state index contributed by atoms with van der Waals surface area (Å²) in [4.78, 5) is 19.5. The number of primary amides is 1. The number of para-hydroxylation sites is 1. The predicted molar refractivity (Wildman–Crippen MR) is 80.7 cm³/mol. The molecule has 8 heteroatoms. The first kappa shape index (κ1) is 15.0. The molecule has 0 saturated heterocycles. The van der Waals surface area contributed by atoms with Crippen molar-refractivity contribution >= 4 is 16.8 Å². The average Bonchev–Trinajstić information content (AvgIpc) is 2.89. The number of carbonyl (C=O) groups excluding carboxylic acids is 1. The molecule has 0 radical (unpaired) electrons. The molecule has 0 aliphatic carbocycles. The molecule has 2 heterocycles. The van der Waals surface area contributed by atoms with E-state index in [0.717, 1.165) is 0 Å². The Morgan fingerprint density at radius 1 is 1.26 bits per heavy atom. The fraction of sp³-hybridized carbons (Fsp3) is 0.200. The van der Waals surface area contributed by atoms with Crippen molar-refractivity contribution in [2.45, 2.75) is 13.0 Å². The Labute approximate surface area is 130 Å². The number of fused-ring (bicyclic) bond motifs is 1. The van der Waals surface area contributed by atoms with Gasteiger partial charge in [0.1, 0.15) is 17.0 Å². The molecule has 1 aromatic carbocycles. The summed E-state index contributed by atoms with van der Waals surface area (Å²) < 4.78 is 15.3. The minimum atomic E-state index is -0.560. The van der Waals surface area contributed by atoms with Crippen LogP contribution in [0.25, 0.3) is 22.4 Å². The van der Waals surface area contributed by atoms with E-state index in [0.29, 0.717) is 16.9 Å². The van der Waals surface area contributed by atoms with E-state index in [1.54, 1.807) is 24.3 Å². The molecular formula is C15H14FN5O2. The maximum absolute atomic E-state index is 13.9.